The second kappa shape index (κ2) is 10.8. The van der Waals surface area contributed by atoms with E-state index in [0.717, 1.165) is 11.1 Å². The van der Waals surface area contributed by atoms with Gasteiger partial charge in [0.1, 0.15) is 12.4 Å². The standard InChI is InChI=1S/C19H34O8P2/c1-17(2,3)14-7-8-16(15(9-14)18(4,5)6)25-11-19(10-20,12-26-28(21)22)13-27-29(23)24/h7-9,20-24H,10-13H2,1-6H3. The van der Waals surface area contributed by atoms with E-state index in [1.54, 1.807) is 0 Å². The summed E-state index contributed by atoms with van der Waals surface area (Å²) in [6.45, 7) is 11.4. The van der Waals surface area contributed by atoms with Crippen molar-refractivity contribution < 1.29 is 38.5 Å². The summed E-state index contributed by atoms with van der Waals surface area (Å²) in [5.41, 5.74) is 0.689. The minimum absolute atomic E-state index is 0.0338. The highest BCUT2D eigenvalue weighted by atomic mass is 31.2. The number of benzene rings is 1. The van der Waals surface area contributed by atoms with Crippen LogP contribution in [0.3, 0.4) is 0 Å². The normalized spacial score (nSPS) is 13.4. The Bertz CT molecular complexity index is 626. The number of aliphatic hydroxyl groups excluding tert-OH is 1. The van der Waals surface area contributed by atoms with Crippen molar-refractivity contribution in [3.8, 4) is 5.75 Å². The van der Waals surface area contributed by atoms with Crippen molar-refractivity contribution in [2.45, 2.75) is 52.4 Å². The minimum Gasteiger partial charge on any atom is -0.492 e. The predicted octanol–water partition coefficient (Wildman–Crippen LogP) is 3.10. The summed E-state index contributed by atoms with van der Waals surface area (Å²) in [6, 6.07) is 5.96. The minimum atomic E-state index is -2.65. The Morgan fingerprint density at radius 2 is 1.31 bits per heavy atom. The van der Waals surface area contributed by atoms with Crippen LogP contribution in [0.5, 0.6) is 5.75 Å². The molecule has 0 unspecified atom stereocenters. The van der Waals surface area contributed by atoms with Crippen LogP contribution in [0.15, 0.2) is 18.2 Å². The third-order valence-electron chi connectivity index (χ3n) is 4.50. The number of ether oxygens (including phenoxy) is 1. The van der Waals surface area contributed by atoms with Gasteiger partial charge in [0.2, 0.25) is 0 Å². The molecule has 0 saturated carbocycles. The van der Waals surface area contributed by atoms with Gasteiger partial charge in [-0.15, -0.1) is 0 Å². The average Bonchev–Trinajstić information content (AvgIpc) is 2.59. The molecule has 10 heteroatoms. The zero-order valence-corrected chi connectivity index (χ0v) is 19.7. The van der Waals surface area contributed by atoms with Crippen molar-refractivity contribution in [1.82, 2.24) is 0 Å². The van der Waals surface area contributed by atoms with Gasteiger partial charge in [-0.3, -0.25) is 0 Å². The second-order valence-corrected chi connectivity index (χ2v) is 10.7. The molecule has 0 saturated heterocycles. The van der Waals surface area contributed by atoms with Gasteiger partial charge in [0.25, 0.3) is 0 Å². The summed E-state index contributed by atoms with van der Waals surface area (Å²) in [4.78, 5) is 36.3. The van der Waals surface area contributed by atoms with Crippen LogP contribution in [0.1, 0.15) is 52.7 Å². The maximum atomic E-state index is 9.91. The first kappa shape index (κ1) is 26.6. The van der Waals surface area contributed by atoms with Gasteiger partial charge in [0.05, 0.1) is 25.2 Å². The van der Waals surface area contributed by atoms with E-state index in [9.17, 15) is 5.11 Å². The van der Waals surface area contributed by atoms with Crippen LogP contribution in [-0.2, 0) is 19.9 Å². The Hall–Kier alpha value is -0.400. The van der Waals surface area contributed by atoms with E-state index in [2.05, 4.69) is 47.6 Å². The summed E-state index contributed by atoms with van der Waals surface area (Å²) in [5, 5.41) is 9.91. The number of rotatable bonds is 10. The molecule has 0 fully saturated rings. The summed E-state index contributed by atoms with van der Waals surface area (Å²) >= 11 is 0. The fraction of sp³-hybridized carbons (Fsp3) is 0.684. The molecular formula is C19H34O8P2. The van der Waals surface area contributed by atoms with Gasteiger partial charge in [-0.1, -0.05) is 53.7 Å². The molecule has 0 aromatic heterocycles. The molecule has 5 N–H and O–H groups in total. The molecule has 0 atom stereocenters. The number of hydrogen-bond acceptors (Lipinski definition) is 8. The number of hydrogen-bond donors (Lipinski definition) is 5. The number of aliphatic hydroxyl groups is 1. The Labute approximate surface area is 175 Å². The van der Waals surface area contributed by atoms with Gasteiger partial charge >= 0.3 is 17.2 Å². The molecule has 1 aromatic rings. The summed E-state index contributed by atoms with van der Waals surface area (Å²) < 4.78 is 15.8. The van der Waals surface area contributed by atoms with Crippen molar-refractivity contribution in [2.75, 3.05) is 26.4 Å². The first-order valence-corrected chi connectivity index (χ1v) is 11.5. The van der Waals surface area contributed by atoms with E-state index in [-0.39, 0.29) is 30.7 Å². The molecule has 0 aliphatic heterocycles. The van der Waals surface area contributed by atoms with Crippen LogP contribution in [0, 0.1) is 5.41 Å². The second-order valence-electron chi connectivity index (χ2n) is 9.21. The predicted molar refractivity (Wildman–Crippen MR) is 113 cm³/mol. The Morgan fingerprint density at radius 3 is 1.69 bits per heavy atom. The monoisotopic (exact) mass is 452 g/mol. The summed E-state index contributed by atoms with van der Waals surface area (Å²) in [6.07, 6.45) is 0. The smallest absolute Gasteiger partial charge is 0.327 e. The van der Waals surface area contributed by atoms with Crippen molar-refractivity contribution >= 4 is 17.2 Å². The lowest BCUT2D eigenvalue weighted by molar-refractivity contribution is -0.0165. The van der Waals surface area contributed by atoms with Gasteiger partial charge in [0, 0.05) is 0 Å². The van der Waals surface area contributed by atoms with Crippen molar-refractivity contribution in [3.05, 3.63) is 29.3 Å². The third kappa shape index (κ3) is 8.70. The lowest BCUT2D eigenvalue weighted by Gasteiger charge is -2.33. The van der Waals surface area contributed by atoms with E-state index < -0.39 is 29.2 Å². The third-order valence-corrected chi connectivity index (χ3v) is 5.22. The topological polar surface area (TPSA) is 129 Å². The maximum absolute atomic E-state index is 9.91. The van der Waals surface area contributed by atoms with Crippen LogP contribution in [-0.4, -0.2) is 51.1 Å². The first-order valence-electron chi connectivity index (χ1n) is 9.20. The van der Waals surface area contributed by atoms with Crippen LogP contribution in [0.4, 0.5) is 0 Å². The molecule has 1 aromatic carbocycles. The SMILES string of the molecule is CC(C)(C)c1ccc(OCC(CO)(COP(O)O)COP(O)O)c(C(C)(C)C)c1. The average molecular weight is 452 g/mol. The molecule has 8 nitrogen and oxygen atoms in total. The van der Waals surface area contributed by atoms with Gasteiger partial charge in [-0.05, 0) is 28.0 Å². The molecule has 0 bridgehead atoms. The summed E-state index contributed by atoms with van der Waals surface area (Å²) in [5.74, 6) is 0.619. The van der Waals surface area contributed by atoms with Crippen molar-refractivity contribution in [2.24, 2.45) is 5.41 Å². The molecule has 0 aliphatic rings. The lowest BCUT2D eigenvalue weighted by Crippen LogP contribution is -2.41. The van der Waals surface area contributed by atoms with E-state index in [0.29, 0.717) is 5.75 Å². The van der Waals surface area contributed by atoms with Gasteiger partial charge in [-0.25, -0.2) is 0 Å². The maximum Gasteiger partial charge on any atom is 0.327 e. The molecule has 0 amide bonds. The molecule has 0 spiro atoms. The first-order chi connectivity index (χ1) is 13.2. The van der Waals surface area contributed by atoms with Crippen LogP contribution in [0.25, 0.3) is 0 Å². The van der Waals surface area contributed by atoms with E-state index >= 15 is 0 Å². The molecule has 0 radical (unpaired) electrons. The van der Waals surface area contributed by atoms with E-state index in [1.807, 2.05) is 12.1 Å². The highest BCUT2D eigenvalue weighted by molar-refractivity contribution is 7.39. The molecule has 29 heavy (non-hydrogen) atoms. The lowest BCUT2D eigenvalue weighted by atomic mass is 9.80. The van der Waals surface area contributed by atoms with Crippen LogP contribution >= 0.6 is 17.2 Å². The Kier molecular flexibility index (Phi) is 9.88. The van der Waals surface area contributed by atoms with Gasteiger partial charge < -0.3 is 38.5 Å². The molecular weight excluding hydrogens is 418 g/mol. The molecule has 1 rings (SSSR count). The summed E-state index contributed by atoms with van der Waals surface area (Å²) in [7, 11) is -5.29. The van der Waals surface area contributed by atoms with Crippen molar-refractivity contribution in [1.29, 1.82) is 0 Å². The zero-order valence-electron chi connectivity index (χ0n) is 17.9. The zero-order chi connectivity index (χ0) is 22.5. The Balaban J connectivity index is 3.16. The van der Waals surface area contributed by atoms with Gasteiger partial charge in [0.15, 0.2) is 0 Å². The van der Waals surface area contributed by atoms with E-state index in [1.165, 1.54) is 0 Å². The Morgan fingerprint density at radius 1 is 0.793 bits per heavy atom. The van der Waals surface area contributed by atoms with Crippen LogP contribution in [0.2, 0.25) is 0 Å². The highest BCUT2D eigenvalue weighted by Crippen LogP contribution is 2.38. The van der Waals surface area contributed by atoms with Crippen LogP contribution < -0.4 is 4.74 Å². The molecule has 0 aliphatic carbocycles. The highest BCUT2D eigenvalue weighted by Gasteiger charge is 2.35. The quantitative estimate of drug-likeness (QED) is 0.343. The van der Waals surface area contributed by atoms with Crippen molar-refractivity contribution in [3.63, 3.8) is 0 Å². The molecule has 168 valence electrons. The fourth-order valence-corrected chi connectivity index (χ4v) is 3.37. The fourth-order valence-electron chi connectivity index (χ4n) is 2.59. The molecule has 0 heterocycles. The van der Waals surface area contributed by atoms with Gasteiger partial charge in [-0.2, -0.15) is 0 Å². The largest absolute Gasteiger partial charge is 0.492 e. The van der Waals surface area contributed by atoms with E-state index in [4.69, 9.17) is 33.4 Å².